The minimum Gasteiger partial charge on any atom is -0.354 e. The number of anilines is 1. The van der Waals surface area contributed by atoms with Gasteiger partial charge in [-0.3, -0.25) is 9.59 Å². The molecule has 3 aromatic heterocycles. The molecule has 0 atom stereocenters. The fourth-order valence-corrected chi connectivity index (χ4v) is 5.84. The first-order valence-corrected chi connectivity index (χ1v) is 14.6. The number of amides is 1. The van der Waals surface area contributed by atoms with E-state index in [1.165, 1.54) is 0 Å². The van der Waals surface area contributed by atoms with Gasteiger partial charge in [0.05, 0.1) is 0 Å². The molecule has 0 bridgehead atoms. The number of carbonyl (C=O) groups is 1. The number of rotatable bonds is 7. The van der Waals surface area contributed by atoms with Crippen molar-refractivity contribution in [1.29, 1.82) is 0 Å². The van der Waals surface area contributed by atoms with Crippen LogP contribution < -0.4 is 15.8 Å². The molecule has 5 rings (SSSR count). The summed E-state index contributed by atoms with van der Waals surface area (Å²) in [4.78, 5) is 39.0. The Kier molecular flexibility index (Phi) is 8.04. The van der Waals surface area contributed by atoms with Crippen LogP contribution >= 0.6 is 0 Å². The molecule has 0 radical (unpaired) electrons. The Labute approximate surface area is 242 Å². The molecule has 4 heterocycles. The van der Waals surface area contributed by atoms with Crippen molar-refractivity contribution in [3.05, 3.63) is 81.0 Å². The SMILES string of the molecule is Cc1cc(C(C)C)c(CNC(=O)c2cc(-c3ccc(N4CCN(C)CC4)nc3)cc3c2c(C)cn3C(C)C)c(=O)[nH]1. The van der Waals surface area contributed by atoms with Gasteiger partial charge in [0.25, 0.3) is 11.5 Å². The van der Waals surface area contributed by atoms with Gasteiger partial charge < -0.3 is 24.7 Å². The van der Waals surface area contributed by atoms with E-state index in [-0.39, 0.29) is 30.0 Å². The second-order valence-corrected chi connectivity index (χ2v) is 12.0. The highest BCUT2D eigenvalue weighted by Gasteiger charge is 2.21. The molecule has 0 saturated carbocycles. The number of nitrogens with zero attached hydrogens (tertiary/aromatic N) is 4. The number of H-pyrrole nitrogens is 1. The summed E-state index contributed by atoms with van der Waals surface area (Å²) in [7, 11) is 2.15. The van der Waals surface area contributed by atoms with Gasteiger partial charge in [0.1, 0.15) is 5.82 Å². The van der Waals surface area contributed by atoms with E-state index in [2.05, 4.69) is 83.8 Å². The summed E-state index contributed by atoms with van der Waals surface area (Å²) in [6.07, 6.45) is 4.03. The van der Waals surface area contributed by atoms with Gasteiger partial charge in [-0.25, -0.2) is 4.98 Å². The Morgan fingerprint density at radius 2 is 1.76 bits per heavy atom. The zero-order valence-electron chi connectivity index (χ0n) is 25.3. The topological polar surface area (TPSA) is 86.3 Å². The average molecular weight is 555 g/mol. The van der Waals surface area contributed by atoms with Gasteiger partial charge in [-0.15, -0.1) is 0 Å². The van der Waals surface area contributed by atoms with Gasteiger partial charge in [-0.05, 0) is 87.7 Å². The van der Waals surface area contributed by atoms with Crippen molar-refractivity contribution >= 4 is 22.6 Å². The molecule has 8 nitrogen and oxygen atoms in total. The van der Waals surface area contributed by atoms with E-state index in [0.717, 1.165) is 70.8 Å². The molecule has 1 saturated heterocycles. The second kappa shape index (κ2) is 11.5. The molecule has 0 aliphatic carbocycles. The van der Waals surface area contributed by atoms with E-state index in [1.54, 1.807) is 0 Å². The van der Waals surface area contributed by atoms with Crippen LogP contribution in [0.1, 0.15) is 72.4 Å². The maximum Gasteiger partial charge on any atom is 0.253 e. The highest BCUT2D eigenvalue weighted by Crippen LogP contribution is 2.33. The predicted molar refractivity (Wildman–Crippen MR) is 167 cm³/mol. The summed E-state index contributed by atoms with van der Waals surface area (Å²) in [6.45, 7) is 16.5. The number of hydrogen-bond acceptors (Lipinski definition) is 5. The van der Waals surface area contributed by atoms with Gasteiger partial charge in [0.2, 0.25) is 0 Å². The van der Waals surface area contributed by atoms with E-state index >= 15 is 0 Å². The lowest BCUT2D eigenvalue weighted by Crippen LogP contribution is -2.44. The smallest absolute Gasteiger partial charge is 0.253 e. The molecule has 1 aromatic carbocycles. The lowest BCUT2D eigenvalue weighted by molar-refractivity contribution is 0.0952. The number of hydrogen-bond donors (Lipinski definition) is 2. The number of nitrogens with one attached hydrogen (secondary N) is 2. The molecule has 216 valence electrons. The molecule has 1 aliphatic rings. The number of aromatic nitrogens is 3. The van der Waals surface area contributed by atoms with Crippen LogP contribution in [-0.4, -0.2) is 58.6 Å². The quantitative estimate of drug-likeness (QED) is 0.320. The summed E-state index contributed by atoms with van der Waals surface area (Å²) in [5.41, 5.74) is 6.80. The highest BCUT2D eigenvalue weighted by atomic mass is 16.1. The van der Waals surface area contributed by atoms with Crippen molar-refractivity contribution in [3.63, 3.8) is 0 Å². The van der Waals surface area contributed by atoms with E-state index < -0.39 is 0 Å². The van der Waals surface area contributed by atoms with Crippen LogP contribution in [0.4, 0.5) is 5.82 Å². The maximum atomic E-state index is 13.8. The Morgan fingerprint density at radius 1 is 1.02 bits per heavy atom. The number of benzene rings is 1. The van der Waals surface area contributed by atoms with Crippen LogP contribution in [0.3, 0.4) is 0 Å². The van der Waals surface area contributed by atoms with Gasteiger partial charge in [-0.2, -0.15) is 0 Å². The van der Waals surface area contributed by atoms with Gasteiger partial charge in [-0.1, -0.05) is 13.8 Å². The highest BCUT2D eigenvalue weighted by molar-refractivity contribution is 6.09. The second-order valence-electron chi connectivity index (χ2n) is 12.0. The number of carbonyl (C=O) groups excluding carboxylic acids is 1. The first kappa shape index (κ1) is 28.6. The minimum atomic E-state index is -0.196. The Morgan fingerprint density at radius 3 is 2.39 bits per heavy atom. The van der Waals surface area contributed by atoms with Gasteiger partial charge in [0.15, 0.2) is 0 Å². The summed E-state index contributed by atoms with van der Waals surface area (Å²) in [6, 6.07) is 10.5. The average Bonchev–Trinajstić information content (AvgIpc) is 3.28. The van der Waals surface area contributed by atoms with Crippen molar-refractivity contribution in [2.75, 3.05) is 38.1 Å². The normalized spacial score (nSPS) is 14.4. The molecule has 4 aromatic rings. The van der Waals surface area contributed by atoms with Crippen molar-refractivity contribution in [1.82, 2.24) is 24.8 Å². The summed E-state index contributed by atoms with van der Waals surface area (Å²) >= 11 is 0. The molecular weight excluding hydrogens is 512 g/mol. The van der Waals surface area contributed by atoms with Crippen molar-refractivity contribution < 1.29 is 4.79 Å². The Bertz CT molecular complexity index is 1620. The van der Waals surface area contributed by atoms with E-state index in [9.17, 15) is 9.59 Å². The van der Waals surface area contributed by atoms with Gasteiger partial charge >= 0.3 is 0 Å². The Balaban J connectivity index is 1.51. The fourth-order valence-electron chi connectivity index (χ4n) is 5.84. The van der Waals surface area contributed by atoms with Crippen molar-refractivity contribution in [2.45, 2.75) is 60.0 Å². The minimum absolute atomic E-state index is 0.151. The molecule has 0 spiro atoms. The first-order chi connectivity index (χ1) is 19.5. The monoisotopic (exact) mass is 554 g/mol. The van der Waals surface area contributed by atoms with Crippen LogP contribution in [0.15, 0.2) is 47.5 Å². The molecule has 1 aliphatic heterocycles. The third-order valence-electron chi connectivity index (χ3n) is 8.19. The van der Waals surface area contributed by atoms with Crippen LogP contribution in [0.2, 0.25) is 0 Å². The van der Waals surface area contributed by atoms with E-state index in [0.29, 0.717) is 11.1 Å². The van der Waals surface area contributed by atoms with E-state index in [4.69, 9.17) is 4.98 Å². The third-order valence-corrected chi connectivity index (χ3v) is 8.19. The molecule has 2 N–H and O–H groups in total. The standard InChI is InChI=1S/C33H42N6O2/c1-20(2)26-14-23(6)36-33(41)28(26)18-35-32(40)27-15-25(16-29-31(27)22(5)19-39(29)21(3)4)24-8-9-30(34-17-24)38-12-10-37(7)11-13-38/h8-9,14-17,19-21H,10-13,18H2,1-7H3,(H,35,40)(H,36,41). The molecule has 1 amide bonds. The lowest BCUT2D eigenvalue weighted by Gasteiger charge is -2.33. The largest absolute Gasteiger partial charge is 0.354 e. The number of aromatic amines is 1. The first-order valence-electron chi connectivity index (χ1n) is 14.6. The molecular formula is C33H42N6O2. The van der Waals surface area contributed by atoms with Crippen LogP contribution in [0, 0.1) is 13.8 Å². The predicted octanol–water partition coefficient (Wildman–Crippen LogP) is 5.39. The molecule has 41 heavy (non-hydrogen) atoms. The Hall–Kier alpha value is -3.91. The number of fused-ring (bicyclic) bond motifs is 1. The van der Waals surface area contributed by atoms with Gasteiger partial charge in [0, 0.05) is 84.4 Å². The van der Waals surface area contributed by atoms with Crippen LogP contribution in [0.25, 0.3) is 22.0 Å². The number of piperazine rings is 1. The summed E-state index contributed by atoms with van der Waals surface area (Å²) < 4.78 is 2.22. The zero-order valence-corrected chi connectivity index (χ0v) is 25.3. The third kappa shape index (κ3) is 5.79. The van der Waals surface area contributed by atoms with Crippen LogP contribution in [-0.2, 0) is 6.54 Å². The fraction of sp³-hybridized carbons (Fsp3) is 0.424. The van der Waals surface area contributed by atoms with E-state index in [1.807, 2.05) is 32.2 Å². The lowest BCUT2D eigenvalue weighted by atomic mass is 9.97. The molecule has 1 fully saturated rings. The number of pyridine rings is 2. The molecule has 0 unspecified atom stereocenters. The summed E-state index contributed by atoms with van der Waals surface area (Å²) in [5, 5.41) is 4.00. The molecule has 8 heteroatoms. The van der Waals surface area contributed by atoms with Crippen LogP contribution in [0.5, 0.6) is 0 Å². The number of likely N-dealkylation sites (N-methyl/N-ethyl adjacent to an activating group) is 1. The van der Waals surface area contributed by atoms with Crippen molar-refractivity contribution in [3.8, 4) is 11.1 Å². The zero-order chi connectivity index (χ0) is 29.4. The summed E-state index contributed by atoms with van der Waals surface area (Å²) in [5.74, 6) is 0.950. The van der Waals surface area contributed by atoms with Crippen molar-refractivity contribution in [2.24, 2.45) is 0 Å². The maximum absolute atomic E-state index is 13.8. The number of aryl methyl sites for hydroxylation is 2.